The Morgan fingerprint density at radius 2 is 1.57 bits per heavy atom. The van der Waals surface area contributed by atoms with Crippen molar-refractivity contribution in [2.24, 2.45) is 0 Å². The number of ether oxygens (including phenoxy) is 1. The normalized spacial score (nSPS) is 12.9. The Morgan fingerprint density at radius 3 is 2.24 bits per heavy atom. The maximum atomic E-state index is 13.0. The van der Waals surface area contributed by atoms with E-state index in [1.54, 1.807) is 27.0 Å². The zero-order valence-corrected chi connectivity index (χ0v) is 21.2. The quantitative estimate of drug-likeness (QED) is 0.312. The molecule has 0 saturated carbocycles. The highest BCUT2D eigenvalue weighted by Gasteiger charge is 2.26. The number of carbonyl (C=O) groups excluding carboxylic acids is 3. The first-order valence-corrected chi connectivity index (χ1v) is 12.1. The topological polar surface area (TPSA) is 138 Å². The Bertz CT molecular complexity index is 1250. The second kappa shape index (κ2) is 12.2. The molecule has 0 saturated heterocycles. The van der Waals surface area contributed by atoms with Crippen molar-refractivity contribution >= 4 is 34.7 Å². The number of nitrogens with one attached hydrogen (secondary N) is 3. The number of amides is 2. The van der Waals surface area contributed by atoms with E-state index in [0.29, 0.717) is 0 Å². The number of H-pyrrole nitrogens is 1. The van der Waals surface area contributed by atoms with Gasteiger partial charge in [0.05, 0.1) is 6.04 Å². The predicted octanol–water partition coefficient (Wildman–Crippen LogP) is 3.77. The van der Waals surface area contributed by atoms with E-state index in [9.17, 15) is 24.3 Å². The summed E-state index contributed by atoms with van der Waals surface area (Å²) in [6.45, 7) is 5.17. The van der Waals surface area contributed by atoms with E-state index in [4.69, 9.17) is 4.74 Å². The van der Waals surface area contributed by atoms with Crippen molar-refractivity contribution < 1.29 is 29.0 Å². The number of aromatic amines is 1. The minimum absolute atomic E-state index is 0.0931. The van der Waals surface area contributed by atoms with Crippen LogP contribution in [0.2, 0.25) is 0 Å². The van der Waals surface area contributed by atoms with Gasteiger partial charge in [0.15, 0.2) is 5.78 Å². The standard InChI is InChI=1S/C28H33N3O6/c1-28(2,3)37-27(36)31-22(15-18-9-5-4-6-10-18)24(32)13-14-25(33)30-23(26(34)35)16-19-17-29-21-12-8-7-11-20(19)21/h4-12,17,22-23,29H,13-16H2,1-3H3,(H,30,33)(H,31,36)(H,34,35)/t22?,23-/m0/s1. The van der Waals surface area contributed by atoms with Crippen LogP contribution in [0.1, 0.15) is 44.7 Å². The average Bonchev–Trinajstić information content (AvgIpc) is 3.24. The third kappa shape index (κ3) is 8.49. The van der Waals surface area contributed by atoms with Crippen LogP contribution in [0.15, 0.2) is 60.8 Å². The molecule has 1 unspecified atom stereocenters. The van der Waals surface area contributed by atoms with Gasteiger partial charge in [-0.3, -0.25) is 9.59 Å². The first kappa shape index (κ1) is 27.4. The van der Waals surface area contributed by atoms with Gasteiger partial charge in [-0.25, -0.2) is 9.59 Å². The van der Waals surface area contributed by atoms with E-state index in [-0.39, 0.29) is 31.5 Å². The molecule has 0 bridgehead atoms. The molecular formula is C28H33N3O6. The van der Waals surface area contributed by atoms with E-state index < -0.39 is 35.7 Å². The number of ketones is 1. The number of carboxylic acid groups (broad SMARTS) is 1. The number of para-hydroxylation sites is 1. The van der Waals surface area contributed by atoms with Crippen LogP contribution in [0, 0.1) is 0 Å². The highest BCUT2D eigenvalue weighted by atomic mass is 16.6. The summed E-state index contributed by atoms with van der Waals surface area (Å²) in [6.07, 6.45) is 0.952. The number of fused-ring (bicyclic) bond motifs is 1. The third-order valence-corrected chi connectivity index (χ3v) is 5.69. The van der Waals surface area contributed by atoms with Crippen LogP contribution in [0.25, 0.3) is 10.9 Å². The monoisotopic (exact) mass is 507 g/mol. The third-order valence-electron chi connectivity index (χ3n) is 5.69. The molecule has 2 atom stereocenters. The van der Waals surface area contributed by atoms with Gasteiger partial charge >= 0.3 is 12.1 Å². The number of aromatic nitrogens is 1. The number of alkyl carbamates (subject to hydrolysis) is 1. The van der Waals surface area contributed by atoms with E-state index in [1.165, 1.54) is 0 Å². The number of benzene rings is 2. The zero-order chi connectivity index (χ0) is 27.0. The van der Waals surface area contributed by atoms with Crippen molar-refractivity contribution in [3.8, 4) is 0 Å². The molecule has 0 spiro atoms. The van der Waals surface area contributed by atoms with Crippen molar-refractivity contribution in [3.05, 3.63) is 71.9 Å². The lowest BCUT2D eigenvalue weighted by molar-refractivity contribution is -0.141. The number of carbonyl (C=O) groups is 4. The minimum atomic E-state index is -1.17. The number of carboxylic acids is 1. The fourth-order valence-electron chi connectivity index (χ4n) is 3.94. The van der Waals surface area contributed by atoms with Crippen LogP contribution in [0.5, 0.6) is 0 Å². The molecule has 2 aromatic carbocycles. The summed E-state index contributed by atoms with van der Waals surface area (Å²) in [6, 6.07) is 14.6. The summed E-state index contributed by atoms with van der Waals surface area (Å²) in [5, 5.41) is 15.7. The van der Waals surface area contributed by atoms with Crippen molar-refractivity contribution in [2.45, 2.75) is 64.1 Å². The fourth-order valence-corrected chi connectivity index (χ4v) is 3.94. The molecule has 1 heterocycles. The maximum absolute atomic E-state index is 13.0. The van der Waals surface area contributed by atoms with Gasteiger partial charge in [-0.2, -0.15) is 0 Å². The van der Waals surface area contributed by atoms with Crippen molar-refractivity contribution in [1.82, 2.24) is 15.6 Å². The molecule has 9 heteroatoms. The molecule has 0 aliphatic carbocycles. The van der Waals surface area contributed by atoms with Gasteiger partial charge in [0.25, 0.3) is 0 Å². The minimum Gasteiger partial charge on any atom is -0.480 e. The molecule has 0 fully saturated rings. The Kier molecular flexibility index (Phi) is 9.05. The van der Waals surface area contributed by atoms with Gasteiger partial charge in [0.1, 0.15) is 11.6 Å². The number of hydrogen-bond acceptors (Lipinski definition) is 5. The smallest absolute Gasteiger partial charge is 0.408 e. The average molecular weight is 508 g/mol. The van der Waals surface area contributed by atoms with Gasteiger partial charge in [-0.15, -0.1) is 0 Å². The molecule has 0 aliphatic rings. The number of rotatable bonds is 11. The molecule has 196 valence electrons. The summed E-state index contributed by atoms with van der Waals surface area (Å²) >= 11 is 0. The predicted molar refractivity (Wildman–Crippen MR) is 139 cm³/mol. The molecule has 0 radical (unpaired) electrons. The van der Waals surface area contributed by atoms with Crippen molar-refractivity contribution in [2.75, 3.05) is 0 Å². The van der Waals surface area contributed by atoms with Gasteiger partial charge in [0, 0.05) is 36.4 Å². The summed E-state index contributed by atoms with van der Waals surface area (Å²) in [5.41, 5.74) is 1.75. The van der Waals surface area contributed by atoms with Crippen molar-refractivity contribution in [3.63, 3.8) is 0 Å². The second-order valence-electron chi connectivity index (χ2n) is 9.88. The van der Waals surface area contributed by atoms with Crippen LogP contribution >= 0.6 is 0 Å². The van der Waals surface area contributed by atoms with Gasteiger partial charge < -0.3 is 25.5 Å². The number of hydrogen-bond donors (Lipinski definition) is 4. The highest BCUT2D eigenvalue weighted by Crippen LogP contribution is 2.19. The van der Waals surface area contributed by atoms with E-state index in [2.05, 4.69) is 15.6 Å². The van der Waals surface area contributed by atoms with Gasteiger partial charge in [-0.05, 0) is 44.4 Å². The lowest BCUT2D eigenvalue weighted by Crippen LogP contribution is -2.45. The SMILES string of the molecule is CC(C)(C)OC(=O)NC(Cc1ccccc1)C(=O)CCC(=O)N[C@@H](Cc1c[nH]c2ccccc12)C(=O)O. The van der Waals surface area contributed by atoms with E-state index in [0.717, 1.165) is 22.0 Å². The zero-order valence-electron chi connectivity index (χ0n) is 21.2. The molecule has 3 rings (SSSR count). The number of Topliss-reactive ketones (excluding diaryl/α,β-unsaturated/α-hetero) is 1. The Balaban J connectivity index is 1.61. The van der Waals surface area contributed by atoms with Gasteiger partial charge in [-0.1, -0.05) is 48.5 Å². The largest absolute Gasteiger partial charge is 0.480 e. The van der Waals surface area contributed by atoms with E-state index >= 15 is 0 Å². The highest BCUT2D eigenvalue weighted by molar-refractivity contribution is 5.92. The molecule has 37 heavy (non-hydrogen) atoms. The van der Waals surface area contributed by atoms with Crippen LogP contribution in [-0.4, -0.2) is 51.5 Å². The van der Waals surface area contributed by atoms with Crippen LogP contribution in [-0.2, 0) is 32.0 Å². The molecule has 9 nitrogen and oxygen atoms in total. The van der Waals surface area contributed by atoms with Crippen molar-refractivity contribution in [1.29, 1.82) is 0 Å². The second-order valence-corrected chi connectivity index (χ2v) is 9.88. The van der Waals surface area contributed by atoms with Crippen LogP contribution in [0.4, 0.5) is 4.79 Å². The molecule has 3 aromatic rings. The molecule has 2 amide bonds. The number of aliphatic carboxylic acids is 1. The molecule has 4 N–H and O–H groups in total. The summed E-state index contributed by atoms with van der Waals surface area (Å²) in [4.78, 5) is 52.9. The molecule has 0 aliphatic heterocycles. The fraction of sp³-hybridized carbons (Fsp3) is 0.357. The lowest BCUT2D eigenvalue weighted by Gasteiger charge is -2.23. The molecular weight excluding hydrogens is 474 g/mol. The maximum Gasteiger partial charge on any atom is 0.408 e. The van der Waals surface area contributed by atoms with Crippen LogP contribution in [0.3, 0.4) is 0 Å². The Hall–Kier alpha value is -4.14. The summed E-state index contributed by atoms with van der Waals surface area (Å²) in [7, 11) is 0. The first-order valence-electron chi connectivity index (χ1n) is 12.1. The van der Waals surface area contributed by atoms with E-state index in [1.807, 2.05) is 54.6 Å². The Morgan fingerprint density at radius 1 is 0.892 bits per heavy atom. The van der Waals surface area contributed by atoms with Gasteiger partial charge in [0.2, 0.25) is 5.91 Å². The first-order chi connectivity index (χ1) is 17.5. The summed E-state index contributed by atoms with van der Waals surface area (Å²) in [5.74, 6) is -2.08. The lowest BCUT2D eigenvalue weighted by atomic mass is 9.99. The summed E-state index contributed by atoms with van der Waals surface area (Å²) < 4.78 is 5.29. The Labute approximate surface area is 215 Å². The van der Waals surface area contributed by atoms with Crippen LogP contribution < -0.4 is 10.6 Å². The molecule has 1 aromatic heterocycles.